The van der Waals surface area contributed by atoms with Gasteiger partial charge in [-0.15, -0.1) is 0 Å². The Labute approximate surface area is 112 Å². The summed E-state index contributed by atoms with van der Waals surface area (Å²) in [6.07, 6.45) is 1.58. The van der Waals surface area contributed by atoms with Crippen molar-refractivity contribution in [3.8, 4) is 0 Å². The van der Waals surface area contributed by atoms with Gasteiger partial charge in [-0.05, 0) is 19.1 Å². The zero-order valence-electron chi connectivity index (χ0n) is 10.8. The van der Waals surface area contributed by atoms with Gasteiger partial charge in [0.2, 0.25) is 0 Å². The second-order valence-corrected chi connectivity index (χ2v) is 6.71. The summed E-state index contributed by atoms with van der Waals surface area (Å²) in [5.74, 6) is -0.147. The normalized spacial score (nSPS) is 18.1. The molecular formula is C12H17N3O3S. The Balaban J connectivity index is 2.09. The molecule has 0 atom stereocenters. The molecule has 6 nitrogen and oxygen atoms in total. The van der Waals surface area contributed by atoms with Crippen LogP contribution in [0.2, 0.25) is 0 Å². The maximum absolute atomic E-state index is 12.2. The van der Waals surface area contributed by atoms with Gasteiger partial charge in [-0.25, -0.2) is 8.42 Å². The molecular weight excluding hydrogens is 266 g/mol. The second-order valence-electron chi connectivity index (χ2n) is 4.40. The van der Waals surface area contributed by atoms with E-state index in [-0.39, 0.29) is 30.5 Å². The van der Waals surface area contributed by atoms with Gasteiger partial charge in [0.25, 0.3) is 5.91 Å². The molecule has 0 bridgehead atoms. The Kier molecular flexibility index (Phi) is 4.04. The first-order valence-corrected chi connectivity index (χ1v) is 8.03. The van der Waals surface area contributed by atoms with Gasteiger partial charge in [0, 0.05) is 31.5 Å². The fraction of sp³-hybridized carbons (Fsp3) is 0.500. The van der Waals surface area contributed by atoms with E-state index in [1.54, 1.807) is 23.2 Å². The number of carbonyl (C=O) groups excluding carboxylic acids is 1. The lowest BCUT2D eigenvalue weighted by atomic mass is 10.2. The number of hydrogen-bond acceptors (Lipinski definition) is 5. The third-order valence-electron chi connectivity index (χ3n) is 2.99. The summed E-state index contributed by atoms with van der Waals surface area (Å²) in [4.78, 5) is 17.8. The molecule has 1 aliphatic heterocycles. The first kappa shape index (κ1) is 13.8. The molecule has 2 heterocycles. The molecule has 0 spiro atoms. The van der Waals surface area contributed by atoms with Crippen molar-refractivity contribution in [1.82, 2.24) is 9.88 Å². The van der Waals surface area contributed by atoms with Crippen molar-refractivity contribution in [3.63, 3.8) is 0 Å². The zero-order chi connectivity index (χ0) is 13.9. The number of nitrogens with zero attached hydrogens (tertiary/aromatic N) is 2. The van der Waals surface area contributed by atoms with Crippen LogP contribution in [0.15, 0.2) is 18.3 Å². The van der Waals surface area contributed by atoms with Crippen LogP contribution in [-0.2, 0) is 9.84 Å². The fourth-order valence-electron chi connectivity index (χ4n) is 1.94. The minimum Gasteiger partial charge on any atom is -0.385 e. The van der Waals surface area contributed by atoms with E-state index < -0.39 is 9.84 Å². The summed E-state index contributed by atoms with van der Waals surface area (Å²) in [6.45, 7) is 3.22. The molecule has 19 heavy (non-hydrogen) atoms. The summed E-state index contributed by atoms with van der Waals surface area (Å²) in [5.41, 5.74) is 1.18. The van der Waals surface area contributed by atoms with E-state index in [0.717, 1.165) is 12.2 Å². The lowest BCUT2D eigenvalue weighted by Gasteiger charge is -2.26. The van der Waals surface area contributed by atoms with E-state index in [9.17, 15) is 13.2 Å². The quantitative estimate of drug-likeness (QED) is 0.867. The van der Waals surface area contributed by atoms with Crippen LogP contribution in [0.1, 0.15) is 17.4 Å². The number of sulfone groups is 1. The Morgan fingerprint density at radius 1 is 1.42 bits per heavy atom. The molecule has 1 saturated heterocycles. The average Bonchev–Trinajstić information content (AvgIpc) is 2.39. The number of aromatic nitrogens is 1. The van der Waals surface area contributed by atoms with Gasteiger partial charge in [-0.1, -0.05) is 0 Å². The molecule has 1 N–H and O–H groups in total. The van der Waals surface area contributed by atoms with Crippen molar-refractivity contribution in [2.75, 3.05) is 36.5 Å². The van der Waals surface area contributed by atoms with Crippen molar-refractivity contribution >= 4 is 21.4 Å². The summed E-state index contributed by atoms with van der Waals surface area (Å²) < 4.78 is 22.7. The molecule has 7 heteroatoms. The monoisotopic (exact) mass is 283 g/mol. The van der Waals surface area contributed by atoms with Gasteiger partial charge in [-0.3, -0.25) is 9.78 Å². The zero-order valence-corrected chi connectivity index (χ0v) is 11.6. The van der Waals surface area contributed by atoms with Crippen LogP contribution in [0.4, 0.5) is 5.69 Å². The number of hydrogen-bond donors (Lipinski definition) is 1. The molecule has 0 aliphatic carbocycles. The molecule has 104 valence electrons. The van der Waals surface area contributed by atoms with Gasteiger partial charge in [0.15, 0.2) is 9.84 Å². The largest absolute Gasteiger partial charge is 0.385 e. The van der Waals surface area contributed by atoms with E-state index in [2.05, 4.69) is 10.3 Å². The molecule has 2 rings (SSSR count). The van der Waals surface area contributed by atoms with E-state index >= 15 is 0 Å². The Morgan fingerprint density at radius 3 is 2.74 bits per heavy atom. The lowest BCUT2D eigenvalue weighted by molar-refractivity contribution is 0.0764. The summed E-state index contributed by atoms with van der Waals surface area (Å²) in [7, 11) is -2.97. The third-order valence-corrected chi connectivity index (χ3v) is 4.60. The summed E-state index contributed by atoms with van der Waals surface area (Å²) in [5, 5.41) is 3.11. The van der Waals surface area contributed by atoms with Gasteiger partial charge in [0.1, 0.15) is 5.69 Å². The van der Waals surface area contributed by atoms with E-state index in [1.807, 2.05) is 6.92 Å². The maximum atomic E-state index is 12.2. The average molecular weight is 283 g/mol. The van der Waals surface area contributed by atoms with Crippen molar-refractivity contribution in [3.05, 3.63) is 24.0 Å². The maximum Gasteiger partial charge on any atom is 0.272 e. The number of pyridine rings is 1. The van der Waals surface area contributed by atoms with Crippen LogP contribution in [-0.4, -0.2) is 55.3 Å². The molecule has 1 amide bonds. The molecule has 1 aromatic heterocycles. The van der Waals surface area contributed by atoms with Crippen LogP contribution >= 0.6 is 0 Å². The smallest absolute Gasteiger partial charge is 0.272 e. The van der Waals surface area contributed by atoms with Crippen LogP contribution in [0.25, 0.3) is 0 Å². The Hall–Kier alpha value is -1.63. The lowest BCUT2D eigenvalue weighted by Crippen LogP contribution is -2.44. The van der Waals surface area contributed by atoms with E-state index in [1.165, 1.54) is 0 Å². The van der Waals surface area contributed by atoms with Crippen molar-refractivity contribution in [1.29, 1.82) is 0 Å². The Bertz CT molecular complexity index is 557. The fourth-order valence-corrected chi connectivity index (χ4v) is 3.14. The van der Waals surface area contributed by atoms with Crippen LogP contribution in [0, 0.1) is 0 Å². The Morgan fingerprint density at radius 2 is 2.11 bits per heavy atom. The first-order valence-electron chi connectivity index (χ1n) is 6.21. The summed E-state index contributed by atoms with van der Waals surface area (Å²) in [6, 6.07) is 3.48. The number of anilines is 1. The highest BCUT2D eigenvalue weighted by Gasteiger charge is 2.26. The van der Waals surface area contributed by atoms with Crippen LogP contribution in [0.5, 0.6) is 0 Å². The summed E-state index contributed by atoms with van der Waals surface area (Å²) >= 11 is 0. The van der Waals surface area contributed by atoms with Crippen LogP contribution < -0.4 is 5.32 Å². The predicted octanol–water partition coefficient (Wildman–Crippen LogP) is 0.384. The number of carbonyl (C=O) groups is 1. The third kappa shape index (κ3) is 3.44. The highest BCUT2D eigenvalue weighted by molar-refractivity contribution is 7.91. The van der Waals surface area contributed by atoms with Crippen molar-refractivity contribution in [2.45, 2.75) is 6.92 Å². The minimum absolute atomic E-state index is 0.0334. The molecule has 1 fully saturated rings. The van der Waals surface area contributed by atoms with Gasteiger partial charge in [0.05, 0.1) is 11.5 Å². The van der Waals surface area contributed by atoms with Gasteiger partial charge in [-0.2, -0.15) is 0 Å². The topological polar surface area (TPSA) is 79.4 Å². The number of rotatable bonds is 3. The first-order chi connectivity index (χ1) is 9.02. The molecule has 0 unspecified atom stereocenters. The molecule has 0 aromatic carbocycles. The standard InChI is InChI=1S/C12H17N3O3S/c1-2-13-10-3-4-14-11(9-10)12(16)15-5-7-19(17,18)8-6-15/h3-4,9H,2,5-8H2,1H3,(H,13,14). The van der Waals surface area contributed by atoms with Crippen molar-refractivity contribution < 1.29 is 13.2 Å². The van der Waals surface area contributed by atoms with E-state index in [0.29, 0.717) is 5.69 Å². The minimum atomic E-state index is -2.97. The molecule has 1 aromatic rings. The molecule has 0 radical (unpaired) electrons. The predicted molar refractivity (Wildman–Crippen MR) is 73.0 cm³/mol. The van der Waals surface area contributed by atoms with E-state index in [4.69, 9.17) is 0 Å². The highest BCUT2D eigenvalue weighted by atomic mass is 32.2. The number of nitrogens with one attached hydrogen (secondary N) is 1. The second kappa shape index (κ2) is 5.56. The molecule has 1 aliphatic rings. The van der Waals surface area contributed by atoms with Gasteiger partial charge < -0.3 is 10.2 Å². The van der Waals surface area contributed by atoms with Crippen molar-refractivity contribution in [2.24, 2.45) is 0 Å². The number of amides is 1. The van der Waals surface area contributed by atoms with Gasteiger partial charge >= 0.3 is 0 Å². The van der Waals surface area contributed by atoms with Crippen LogP contribution in [0.3, 0.4) is 0 Å². The highest BCUT2D eigenvalue weighted by Crippen LogP contribution is 2.12. The SMILES string of the molecule is CCNc1ccnc(C(=O)N2CCS(=O)(=O)CC2)c1. The molecule has 0 saturated carbocycles.